The number of rotatable bonds is 5. The highest BCUT2D eigenvalue weighted by Gasteiger charge is 2.31. The first-order chi connectivity index (χ1) is 10.6. The number of carbonyl (C=O) groups excluding carboxylic acids is 3. The molecule has 1 heterocycles. The molecule has 1 fully saturated rings. The maximum Gasteiger partial charge on any atom is 0.308 e. The van der Waals surface area contributed by atoms with E-state index >= 15 is 0 Å². The van der Waals surface area contributed by atoms with Gasteiger partial charge in [-0.15, -0.1) is 0 Å². The Bertz CT molecular complexity index is 622. The van der Waals surface area contributed by atoms with E-state index in [1.807, 2.05) is 30.3 Å². The number of nitrogens with one attached hydrogen (secondary N) is 2. The van der Waals surface area contributed by atoms with Crippen LogP contribution in [0, 0.1) is 0 Å². The number of carbonyl (C=O) groups is 3. The van der Waals surface area contributed by atoms with Crippen molar-refractivity contribution in [2.24, 2.45) is 0 Å². The van der Waals surface area contributed by atoms with Crippen LogP contribution in [0.5, 0.6) is 0 Å². The van der Waals surface area contributed by atoms with Crippen LogP contribution in [0.1, 0.15) is 12.0 Å². The quantitative estimate of drug-likeness (QED) is 0.478. The molecule has 0 spiro atoms. The third kappa shape index (κ3) is 4.05. The monoisotopic (exact) mass is 300 g/mol. The SMILES string of the molecule is C=CCOC(=O)CC1NC(=O)/C(=C/c2ccccc2)NC1=O. The van der Waals surface area contributed by atoms with Gasteiger partial charge in [0.15, 0.2) is 0 Å². The summed E-state index contributed by atoms with van der Waals surface area (Å²) >= 11 is 0. The highest BCUT2D eigenvalue weighted by atomic mass is 16.5. The van der Waals surface area contributed by atoms with E-state index in [2.05, 4.69) is 17.2 Å². The second-order valence-corrected chi connectivity index (χ2v) is 4.66. The number of benzene rings is 1. The van der Waals surface area contributed by atoms with Gasteiger partial charge >= 0.3 is 5.97 Å². The first kappa shape index (κ1) is 15.5. The minimum Gasteiger partial charge on any atom is -0.461 e. The predicted molar refractivity (Wildman–Crippen MR) is 80.3 cm³/mol. The van der Waals surface area contributed by atoms with E-state index in [0.29, 0.717) is 0 Å². The van der Waals surface area contributed by atoms with Gasteiger partial charge in [0, 0.05) is 0 Å². The van der Waals surface area contributed by atoms with E-state index in [9.17, 15) is 14.4 Å². The molecule has 22 heavy (non-hydrogen) atoms. The van der Waals surface area contributed by atoms with Crippen molar-refractivity contribution in [3.05, 3.63) is 54.2 Å². The molecule has 2 rings (SSSR count). The zero-order valence-corrected chi connectivity index (χ0v) is 11.9. The van der Waals surface area contributed by atoms with Crippen LogP contribution in [0.4, 0.5) is 0 Å². The lowest BCUT2D eigenvalue weighted by atomic mass is 10.1. The molecule has 114 valence electrons. The van der Waals surface area contributed by atoms with Gasteiger partial charge in [0.2, 0.25) is 5.91 Å². The molecule has 6 nitrogen and oxygen atoms in total. The van der Waals surface area contributed by atoms with Gasteiger partial charge in [-0.1, -0.05) is 43.0 Å². The summed E-state index contributed by atoms with van der Waals surface area (Å²) in [6.07, 6.45) is 2.78. The summed E-state index contributed by atoms with van der Waals surface area (Å²) in [6, 6.07) is 8.20. The predicted octanol–water partition coefficient (Wildman–Crippen LogP) is 0.761. The first-order valence-electron chi connectivity index (χ1n) is 6.75. The summed E-state index contributed by atoms with van der Waals surface area (Å²) in [6.45, 7) is 3.49. The smallest absolute Gasteiger partial charge is 0.308 e. The van der Waals surface area contributed by atoms with Crippen LogP contribution in [0.25, 0.3) is 6.08 Å². The van der Waals surface area contributed by atoms with Gasteiger partial charge in [-0.25, -0.2) is 0 Å². The van der Waals surface area contributed by atoms with Crippen LogP contribution in [-0.4, -0.2) is 30.4 Å². The molecule has 1 aliphatic heterocycles. The maximum absolute atomic E-state index is 12.0. The van der Waals surface area contributed by atoms with Gasteiger partial charge in [0.1, 0.15) is 18.3 Å². The van der Waals surface area contributed by atoms with Crippen molar-refractivity contribution >= 4 is 23.9 Å². The second kappa shape index (κ2) is 7.21. The summed E-state index contributed by atoms with van der Waals surface area (Å²) in [7, 11) is 0. The summed E-state index contributed by atoms with van der Waals surface area (Å²) < 4.78 is 4.80. The van der Waals surface area contributed by atoms with Crippen molar-refractivity contribution < 1.29 is 19.1 Å². The Labute approximate surface area is 127 Å². The zero-order chi connectivity index (χ0) is 15.9. The Morgan fingerprint density at radius 2 is 2.00 bits per heavy atom. The fourth-order valence-corrected chi connectivity index (χ4v) is 1.92. The lowest BCUT2D eigenvalue weighted by molar-refractivity contribution is -0.145. The fourth-order valence-electron chi connectivity index (χ4n) is 1.92. The highest BCUT2D eigenvalue weighted by Crippen LogP contribution is 2.10. The average Bonchev–Trinajstić information content (AvgIpc) is 2.51. The van der Waals surface area contributed by atoms with Crippen molar-refractivity contribution in [1.29, 1.82) is 0 Å². The molecule has 1 aromatic rings. The summed E-state index contributed by atoms with van der Waals surface area (Å²) in [5.74, 6) is -1.46. The van der Waals surface area contributed by atoms with Crippen LogP contribution >= 0.6 is 0 Å². The Hall–Kier alpha value is -2.89. The van der Waals surface area contributed by atoms with Gasteiger partial charge in [-0.2, -0.15) is 0 Å². The van der Waals surface area contributed by atoms with E-state index in [-0.39, 0.29) is 18.7 Å². The van der Waals surface area contributed by atoms with E-state index in [4.69, 9.17) is 4.74 Å². The minimum atomic E-state index is -0.933. The van der Waals surface area contributed by atoms with E-state index in [0.717, 1.165) is 5.56 Å². The van der Waals surface area contributed by atoms with Crippen molar-refractivity contribution in [3.63, 3.8) is 0 Å². The molecule has 0 saturated carbocycles. The second-order valence-electron chi connectivity index (χ2n) is 4.66. The third-order valence-electron chi connectivity index (χ3n) is 2.97. The van der Waals surface area contributed by atoms with Gasteiger partial charge in [-0.3, -0.25) is 14.4 Å². The lowest BCUT2D eigenvalue weighted by Gasteiger charge is -2.24. The van der Waals surface area contributed by atoms with Crippen molar-refractivity contribution in [2.75, 3.05) is 6.61 Å². The van der Waals surface area contributed by atoms with Gasteiger partial charge < -0.3 is 15.4 Å². The molecule has 0 radical (unpaired) electrons. The Morgan fingerprint density at radius 1 is 1.27 bits per heavy atom. The molecular weight excluding hydrogens is 284 g/mol. The molecule has 1 atom stereocenters. The number of hydrogen-bond acceptors (Lipinski definition) is 4. The molecule has 0 aromatic heterocycles. The van der Waals surface area contributed by atoms with Gasteiger partial charge in [-0.05, 0) is 11.6 Å². The molecular formula is C16H16N2O4. The summed E-state index contributed by atoms with van der Waals surface area (Å²) in [5.41, 5.74) is 0.934. The fraction of sp³-hybridized carbons (Fsp3) is 0.188. The van der Waals surface area contributed by atoms with Crippen LogP contribution in [-0.2, 0) is 19.1 Å². The first-order valence-corrected chi connectivity index (χ1v) is 6.75. The van der Waals surface area contributed by atoms with Crippen molar-refractivity contribution in [2.45, 2.75) is 12.5 Å². The minimum absolute atomic E-state index is 0.0697. The molecule has 1 saturated heterocycles. The number of ether oxygens (including phenoxy) is 1. The third-order valence-corrected chi connectivity index (χ3v) is 2.97. The molecule has 1 aliphatic rings. The number of piperazine rings is 1. The summed E-state index contributed by atoms with van der Waals surface area (Å²) in [5, 5.41) is 5.01. The molecule has 0 aliphatic carbocycles. The van der Waals surface area contributed by atoms with Gasteiger partial charge in [0.05, 0.1) is 6.42 Å². The topological polar surface area (TPSA) is 84.5 Å². The van der Waals surface area contributed by atoms with Crippen LogP contribution in [0.15, 0.2) is 48.7 Å². The average molecular weight is 300 g/mol. The molecule has 0 bridgehead atoms. The molecule has 2 amide bonds. The molecule has 6 heteroatoms. The Kier molecular flexibility index (Phi) is 5.08. The van der Waals surface area contributed by atoms with E-state index < -0.39 is 23.8 Å². The number of esters is 1. The standard InChI is InChI=1S/C16H16N2O4/c1-2-8-22-14(19)10-13-16(21)17-12(15(20)18-13)9-11-6-4-3-5-7-11/h2-7,9,13H,1,8,10H2,(H,17,21)(H,18,20)/b12-9-. The zero-order valence-electron chi connectivity index (χ0n) is 11.9. The number of amides is 2. The normalized spacial score (nSPS) is 19.3. The highest BCUT2D eigenvalue weighted by molar-refractivity contribution is 6.08. The van der Waals surface area contributed by atoms with Crippen LogP contribution < -0.4 is 10.6 Å². The lowest BCUT2D eigenvalue weighted by Crippen LogP contribution is -2.55. The molecule has 2 N–H and O–H groups in total. The van der Waals surface area contributed by atoms with E-state index in [1.165, 1.54) is 6.08 Å². The van der Waals surface area contributed by atoms with Gasteiger partial charge in [0.25, 0.3) is 5.91 Å². The van der Waals surface area contributed by atoms with Crippen LogP contribution in [0.3, 0.4) is 0 Å². The number of hydrogen-bond donors (Lipinski definition) is 2. The Morgan fingerprint density at radius 3 is 2.68 bits per heavy atom. The summed E-state index contributed by atoms with van der Waals surface area (Å²) in [4.78, 5) is 35.4. The van der Waals surface area contributed by atoms with Crippen molar-refractivity contribution in [3.8, 4) is 0 Å². The van der Waals surface area contributed by atoms with Crippen LogP contribution in [0.2, 0.25) is 0 Å². The van der Waals surface area contributed by atoms with E-state index in [1.54, 1.807) is 6.08 Å². The molecule has 1 unspecified atom stereocenters. The maximum atomic E-state index is 12.0. The largest absolute Gasteiger partial charge is 0.461 e. The Balaban J connectivity index is 2.01. The van der Waals surface area contributed by atoms with Crippen molar-refractivity contribution in [1.82, 2.24) is 10.6 Å². The molecule has 1 aromatic carbocycles.